The van der Waals surface area contributed by atoms with Crippen LogP contribution in [0.5, 0.6) is 0 Å². The Kier molecular flexibility index (Phi) is 2.89. The van der Waals surface area contributed by atoms with E-state index in [1.54, 1.807) is 11.3 Å². The first kappa shape index (κ1) is 11.8. The molecule has 0 radical (unpaired) electrons. The predicted octanol–water partition coefficient (Wildman–Crippen LogP) is 4.32. The molecule has 1 unspecified atom stereocenters. The number of hydrogen-bond donors (Lipinski definition) is 1. The van der Waals surface area contributed by atoms with Crippen molar-refractivity contribution in [2.75, 3.05) is 0 Å². The van der Waals surface area contributed by atoms with Gasteiger partial charge in [-0.05, 0) is 23.6 Å². The maximum atomic E-state index is 13.6. The van der Waals surface area contributed by atoms with Crippen molar-refractivity contribution in [3.05, 3.63) is 57.8 Å². The highest BCUT2D eigenvalue weighted by atomic mass is 32.1. The first-order valence-corrected chi connectivity index (χ1v) is 6.95. The monoisotopic (exact) mass is 282 g/mol. The second-order valence-corrected chi connectivity index (χ2v) is 5.91. The summed E-state index contributed by atoms with van der Waals surface area (Å²) in [6, 6.07) is 7.60. The first-order valence-electron chi connectivity index (χ1n) is 5.25. The van der Waals surface area contributed by atoms with Crippen molar-refractivity contribution in [3.63, 3.8) is 0 Å². The predicted molar refractivity (Wildman–Crippen MR) is 70.1 cm³/mol. The number of benzene rings is 1. The van der Waals surface area contributed by atoms with Gasteiger partial charge >= 0.3 is 0 Å². The average Bonchev–Trinajstić information content (AvgIpc) is 2.92. The highest BCUT2D eigenvalue weighted by Crippen LogP contribution is 2.36. The topological polar surface area (TPSA) is 20.2 Å². The van der Waals surface area contributed by atoms with Crippen LogP contribution in [-0.2, 0) is 0 Å². The summed E-state index contributed by atoms with van der Waals surface area (Å²) in [6.45, 7) is 0. The molecule has 5 heteroatoms. The molecule has 3 rings (SSSR count). The molecule has 0 aliphatic carbocycles. The number of hydrogen-bond acceptors (Lipinski definition) is 3. The van der Waals surface area contributed by atoms with Gasteiger partial charge in [-0.25, -0.2) is 8.78 Å². The van der Waals surface area contributed by atoms with E-state index in [9.17, 15) is 13.9 Å². The fourth-order valence-electron chi connectivity index (χ4n) is 1.80. The van der Waals surface area contributed by atoms with Crippen molar-refractivity contribution < 1.29 is 13.9 Å². The van der Waals surface area contributed by atoms with E-state index in [-0.39, 0.29) is 5.56 Å². The lowest BCUT2D eigenvalue weighted by Crippen LogP contribution is -2.02. The van der Waals surface area contributed by atoms with Crippen LogP contribution in [0.2, 0.25) is 0 Å². The highest BCUT2D eigenvalue weighted by Gasteiger charge is 2.19. The molecule has 1 N–H and O–H groups in total. The number of aliphatic hydroxyl groups is 1. The molecule has 0 amide bonds. The molecule has 2 aromatic heterocycles. The molecule has 3 aromatic rings. The number of aliphatic hydroxyl groups excluding tert-OH is 1. The highest BCUT2D eigenvalue weighted by molar-refractivity contribution is 7.26. The third kappa shape index (κ3) is 1.84. The molecule has 1 atom stereocenters. The van der Waals surface area contributed by atoms with Crippen molar-refractivity contribution >= 4 is 32.1 Å². The molecule has 0 saturated heterocycles. The summed E-state index contributed by atoms with van der Waals surface area (Å²) in [5.74, 6) is -1.92. The van der Waals surface area contributed by atoms with E-state index < -0.39 is 17.7 Å². The van der Waals surface area contributed by atoms with Crippen molar-refractivity contribution in [1.82, 2.24) is 0 Å². The number of fused-ring (bicyclic) bond motifs is 1. The zero-order valence-electron chi connectivity index (χ0n) is 9.06. The minimum atomic E-state index is -1.12. The third-order valence-corrected chi connectivity index (χ3v) is 4.85. The molecule has 0 aliphatic rings. The molecule has 0 spiro atoms. The lowest BCUT2D eigenvalue weighted by molar-refractivity contribution is 0.217. The number of thiophene rings is 2. The van der Waals surface area contributed by atoms with E-state index in [0.717, 1.165) is 15.5 Å². The second-order valence-electron chi connectivity index (χ2n) is 3.84. The standard InChI is InChI=1S/C13H8F2OS2/c14-8-3-1-2-7(12(8)15)13(16)11-6-10-9(18-11)4-5-17-10/h1-6,13,16H. The van der Waals surface area contributed by atoms with E-state index in [1.165, 1.54) is 23.5 Å². The fourth-order valence-corrected chi connectivity index (χ4v) is 3.93. The van der Waals surface area contributed by atoms with Crippen molar-refractivity contribution in [2.24, 2.45) is 0 Å². The Morgan fingerprint density at radius 2 is 1.94 bits per heavy atom. The summed E-state index contributed by atoms with van der Waals surface area (Å²) >= 11 is 2.95. The van der Waals surface area contributed by atoms with E-state index in [1.807, 2.05) is 17.5 Å². The Hall–Kier alpha value is -1.30. The summed E-state index contributed by atoms with van der Waals surface area (Å²) in [7, 11) is 0. The van der Waals surface area contributed by atoms with Crippen LogP contribution in [0.25, 0.3) is 9.40 Å². The van der Waals surface area contributed by atoms with E-state index in [0.29, 0.717) is 4.88 Å². The molecule has 1 nitrogen and oxygen atoms in total. The molecular weight excluding hydrogens is 274 g/mol. The van der Waals surface area contributed by atoms with Gasteiger partial charge in [-0.2, -0.15) is 0 Å². The first-order chi connectivity index (χ1) is 8.66. The maximum Gasteiger partial charge on any atom is 0.164 e. The zero-order valence-corrected chi connectivity index (χ0v) is 10.7. The van der Waals surface area contributed by atoms with Crippen LogP contribution in [-0.4, -0.2) is 5.11 Å². The lowest BCUT2D eigenvalue weighted by atomic mass is 10.1. The third-order valence-electron chi connectivity index (χ3n) is 2.70. The van der Waals surface area contributed by atoms with Crippen LogP contribution in [0.1, 0.15) is 16.5 Å². The Morgan fingerprint density at radius 3 is 2.72 bits per heavy atom. The van der Waals surface area contributed by atoms with Crippen LogP contribution in [0, 0.1) is 11.6 Å². The maximum absolute atomic E-state index is 13.6. The fraction of sp³-hybridized carbons (Fsp3) is 0.0769. The molecule has 0 fully saturated rings. The average molecular weight is 282 g/mol. The number of rotatable bonds is 2. The van der Waals surface area contributed by atoms with Crippen LogP contribution in [0.3, 0.4) is 0 Å². The van der Waals surface area contributed by atoms with Crippen molar-refractivity contribution in [1.29, 1.82) is 0 Å². The molecule has 18 heavy (non-hydrogen) atoms. The van der Waals surface area contributed by atoms with Gasteiger partial charge in [0.15, 0.2) is 11.6 Å². The van der Waals surface area contributed by atoms with E-state index in [2.05, 4.69) is 0 Å². The minimum absolute atomic E-state index is 0.0242. The normalized spacial score (nSPS) is 13.1. The molecular formula is C13H8F2OS2. The van der Waals surface area contributed by atoms with E-state index in [4.69, 9.17) is 0 Å². The van der Waals surface area contributed by atoms with Gasteiger partial charge in [-0.15, -0.1) is 22.7 Å². The van der Waals surface area contributed by atoms with Crippen LogP contribution in [0.15, 0.2) is 35.7 Å². The molecule has 0 bridgehead atoms. The van der Waals surface area contributed by atoms with Crippen molar-refractivity contribution in [3.8, 4) is 0 Å². The van der Waals surface area contributed by atoms with Gasteiger partial charge in [-0.1, -0.05) is 12.1 Å². The van der Waals surface area contributed by atoms with Crippen LogP contribution >= 0.6 is 22.7 Å². The molecule has 0 saturated carbocycles. The molecule has 92 valence electrons. The smallest absolute Gasteiger partial charge is 0.164 e. The summed E-state index contributed by atoms with van der Waals surface area (Å²) in [5.41, 5.74) is -0.0242. The summed E-state index contributed by atoms with van der Waals surface area (Å²) < 4.78 is 28.8. The van der Waals surface area contributed by atoms with E-state index >= 15 is 0 Å². The molecule has 0 aliphatic heterocycles. The van der Waals surface area contributed by atoms with Gasteiger partial charge in [0.1, 0.15) is 6.10 Å². The van der Waals surface area contributed by atoms with Crippen LogP contribution in [0.4, 0.5) is 8.78 Å². The van der Waals surface area contributed by atoms with Gasteiger partial charge in [0.25, 0.3) is 0 Å². The quantitative estimate of drug-likeness (QED) is 0.742. The van der Waals surface area contributed by atoms with Crippen molar-refractivity contribution in [2.45, 2.75) is 6.10 Å². The second kappa shape index (κ2) is 4.42. The largest absolute Gasteiger partial charge is 0.383 e. The summed E-state index contributed by atoms with van der Waals surface area (Å²) in [6.07, 6.45) is -1.12. The Bertz CT molecular complexity index is 673. The summed E-state index contributed by atoms with van der Waals surface area (Å²) in [5, 5.41) is 12.1. The SMILES string of the molecule is OC(c1cc2sccc2s1)c1cccc(F)c1F. The van der Waals surface area contributed by atoms with Gasteiger partial charge in [-0.3, -0.25) is 0 Å². The zero-order chi connectivity index (χ0) is 12.7. The Labute approximate surface area is 110 Å². The Morgan fingerprint density at radius 1 is 1.11 bits per heavy atom. The lowest BCUT2D eigenvalue weighted by Gasteiger charge is -2.10. The van der Waals surface area contributed by atoms with Gasteiger partial charge in [0.2, 0.25) is 0 Å². The van der Waals surface area contributed by atoms with Gasteiger partial charge in [0.05, 0.1) is 0 Å². The Balaban J connectivity index is 2.06. The molecule has 1 aromatic carbocycles. The minimum Gasteiger partial charge on any atom is -0.383 e. The van der Waals surface area contributed by atoms with Crippen LogP contribution < -0.4 is 0 Å². The number of halogens is 2. The summed E-state index contributed by atoms with van der Waals surface area (Å²) in [4.78, 5) is 0.626. The van der Waals surface area contributed by atoms with Gasteiger partial charge < -0.3 is 5.11 Å². The van der Waals surface area contributed by atoms with Gasteiger partial charge in [0, 0.05) is 19.8 Å². The molecule has 2 heterocycles.